The standard InChI is InChI=1S/C8H12O4S/c1-6-2-3-7(5-9)4-8(6)13-12-11-10/h6,8,10H,2-4H2,1H3. The lowest BCUT2D eigenvalue weighted by Gasteiger charge is -2.26. The predicted molar refractivity (Wildman–Crippen MR) is 48.4 cm³/mol. The third-order valence-electron chi connectivity index (χ3n) is 2.32. The lowest BCUT2D eigenvalue weighted by atomic mass is 9.87. The van der Waals surface area contributed by atoms with Gasteiger partial charge in [0.05, 0.1) is 0 Å². The van der Waals surface area contributed by atoms with E-state index in [-0.39, 0.29) is 5.25 Å². The fourth-order valence-corrected chi connectivity index (χ4v) is 2.15. The van der Waals surface area contributed by atoms with Gasteiger partial charge in [0.15, 0.2) is 0 Å². The molecule has 1 fully saturated rings. The molecule has 2 atom stereocenters. The molecule has 0 aromatic rings. The van der Waals surface area contributed by atoms with Gasteiger partial charge in [0, 0.05) is 22.9 Å². The molecule has 0 amide bonds. The zero-order valence-electron chi connectivity index (χ0n) is 7.36. The summed E-state index contributed by atoms with van der Waals surface area (Å²) >= 11 is 1.05. The van der Waals surface area contributed by atoms with E-state index >= 15 is 0 Å². The summed E-state index contributed by atoms with van der Waals surface area (Å²) in [5.74, 6) is 2.38. The molecule has 0 aromatic heterocycles. The van der Waals surface area contributed by atoms with Crippen LogP contribution in [0.25, 0.3) is 0 Å². The van der Waals surface area contributed by atoms with Crippen molar-refractivity contribution in [2.24, 2.45) is 5.92 Å². The van der Waals surface area contributed by atoms with Crippen LogP contribution >= 0.6 is 12.0 Å². The fourth-order valence-electron chi connectivity index (χ4n) is 1.42. The van der Waals surface area contributed by atoms with Gasteiger partial charge >= 0.3 is 0 Å². The van der Waals surface area contributed by atoms with Crippen LogP contribution in [0.5, 0.6) is 0 Å². The molecule has 4 nitrogen and oxygen atoms in total. The maximum Gasteiger partial charge on any atom is 0.123 e. The molecule has 0 heterocycles. The number of allylic oxidation sites excluding steroid dienone is 1. The van der Waals surface area contributed by atoms with Crippen molar-refractivity contribution in [2.45, 2.75) is 31.4 Å². The molecular weight excluding hydrogens is 192 g/mol. The van der Waals surface area contributed by atoms with E-state index < -0.39 is 0 Å². The molecular formula is C8H12O4S. The summed E-state index contributed by atoms with van der Waals surface area (Å²) in [5.41, 5.74) is 0.789. The second kappa shape index (κ2) is 5.42. The molecule has 0 aliphatic heterocycles. The minimum atomic E-state index is 0.164. The highest BCUT2D eigenvalue weighted by molar-refractivity contribution is 7.95. The maximum absolute atomic E-state index is 10.4. The van der Waals surface area contributed by atoms with Crippen LogP contribution in [-0.2, 0) is 14.2 Å². The second-order valence-electron chi connectivity index (χ2n) is 3.20. The fraction of sp³-hybridized carbons (Fsp3) is 0.750. The van der Waals surface area contributed by atoms with Crippen molar-refractivity contribution in [3.8, 4) is 0 Å². The minimum Gasteiger partial charge on any atom is -0.234 e. The number of rotatable bonds is 3. The molecule has 1 rings (SSSR count). The lowest BCUT2D eigenvalue weighted by Crippen LogP contribution is -2.21. The number of carbonyl (C=O) groups excluding carboxylic acids is 1. The van der Waals surface area contributed by atoms with Crippen LogP contribution in [0.4, 0.5) is 0 Å². The van der Waals surface area contributed by atoms with Crippen molar-refractivity contribution in [3.05, 3.63) is 5.57 Å². The molecule has 2 unspecified atom stereocenters. The molecule has 0 saturated heterocycles. The molecule has 0 aromatic carbocycles. The highest BCUT2D eigenvalue weighted by atomic mass is 32.2. The van der Waals surface area contributed by atoms with Gasteiger partial charge in [-0.25, -0.2) is 10.1 Å². The van der Waals surface area contributed by atoms with Crippen molar-refractivity contribution >= 4 is 18.0 Å². The van der Waals surface area contributed by atoms with Crippen LogP contribution in [0.2, 0.25) is 0 Å². The largest absolute Gasteiger partial charge is 0.234 e. The van der Waals surface area contributed by atoms with Gasteiger partial charge in [-0.3, -0.25) is 0 Å². The van der Waals surface area contributed by atoms with Gasteiger partial charge in [0.1, 0.15) is 5.94 Å². The van der Waals surface area contributed by atoms with Gasteiger partial charge in [-0.1, -0.05) is 12.0 Å². The Labute approximate surface area is 81.0 Å². The van der Waals surface area contributed by atoms with Crippen molar-refractivity contribution in [1.29, 1.82) is 0 Å². The van der Waals surface area contributed by atoms with Crippen LogP contribution in [0.1, 0.15) is 26.2 Å². The van der Waals surface area contributed by atoms with E-state index in [0.29, 0.717) is 12.3 Å². The minimum absolute atomic E-state index is 0.164. The van der Waals surface area contributed by atoms with Crippen LogP contribution in [-0.4, -0.2) is 16.4 Å². The quantitative estimate of drug-likeness (QED) is 0.330. The molecule has 0 radical (unpaired) electrons. The molecule has 13 heavy (non-hydrogen) atoms. The van der Waals surface area contributed by atoms with Gasteiger partial charge in [-0.15, -0.1) is 4.33 Å². The van der Waals surface area contributed by atoms with Gasteiger partial charge in [-0.2, -0.15) is 0 Å². The molecule has 1 saturated carbocycles. The van der Waals surface area contributed by atoms with E-state index in [1.165, 1.54) is 0 Å². The number of hydrogen-bond acceptors (Lipinski definition) is 5. The Morgan fingerprint density at radius 2 is 2.46 bits per heavy atom. The third-order valence-corrected chi connectivity index (χ3v) is 3.34. The first-order valence-corrected chi connectivity index (χ1v) is 4.94. The van der Waals surface area contributed by atoms with Crippen LogP contribution in [0, 0.1) is 5.92 Å². The SMILES string of the molecule is CC1CCC(=C=O)CC1SOOO. The van der Waals surface area contributed by atoms with E-state index in [1.54, 1.807) is 0 Å². The van der Waals surface area contributed by atoms with Gasteiger partial charge < -0.3 is 0 Å². The first kappa shape index (κ1) is 10.8. The summed E-state index contributed by atoms with van der Waals surface area (Å²) in [6.45, 7) is 2.08. The summed E-state index contributed by atoms with van der Waals surface area (Å²) in [6, 6.07) is 0. The van der Waals surface area contributed by atoms with Gasteiger partial charge in [0.2, 0.25) is 0 Å². The van der Waals surface area contributed by atoms with E-state index in [0.717, 1.165) is 30.5 Å². The predicted octanol–water partition coefficient (Wildman–Crippen LogP) is 2.00. The second-order valence-corrected chi connectivity index (χ2v) is 4.14. The zero-order valence-corrected chi connectivity index (χ0v) is 8.17. The van der Waals surface area contributed by atoms with E-state index in [4.69, 9.17) is 5.26 Å². The molecule has 1 aliphatic carbocycles. The van der Waals surface area contributed by atoms with Crippen molar-refractivity contribution in [3.63, 3.8) is 0 Å². The summed E-state index contributed by atoms with van der Waals surface area (Å²) in [5, 5.41) is 11.7. The van der Waals surface area contributed by atoms with E-state index in [9.17, 15) is 4.79 Å². The maximum atomic E-state index is 10.4. The lowest BCUT2D eigenvalue weighted by molar-refractivity contribution is -0.432. The van der Waals surface area contributed by atoms with E-state index in [1.807, 2.05) is 5.94 Å². The smallest absolute Gasteiger partial charge is 0.123 e. The summed E-state index contributed by atoms with van der Waals surface area (Å²) in [4.78, 5) is 10.4. The molecule has 74 valence electrons. The highest BCUT2D eigenvalue weighted by Gasteiger charge is 2.26. The molecule has 0 spiro atoms. The molecule has 1 N–H and O–H groups in total. The Kier molecular flexibility index (Phi) is 4.48. The van der Waals surface area contributed by atoms with Gasteiger partial charge in [0.25, 0.3) is 0 Å². The molecule has 5 heteroatoms. The number of hydrogen-bond donors (Lipinski definition) is 1. The Morgan fingerprint density at radius 3 is 3.08 bits per heavy atom. The van der Waals surface area contributed by atoms with Crippen LogP contribution in [0.3, 0.4) is 0 Å². The Balaban J connectivity index is 2.45. The summed E-state index contributed by atoms with van der Waals surface area (Å²) in [7, 11) is 0. The average Bonchev–Trinajstić information content (AvgIpc) is 2.17. The Bertz CT molecular complexity index is 212. The normalized spacial score (nSPS) is 28.6. The Morgan fingerprint density at radius 1 is 1.69 bits per heavy atom. The van der Waals surface area contributed by atoms with Crippen molar-refractivity contribution in [1.82, 2.24) is 0 Å². The monoisotopic (exact) mass is 204 g/mol. The van der Waals surface area contributed by atoms with Gasteiger partial charge in [-0.05, 0) is 25.2 Å². The molecule has 0 bridgehead atoms. The van der Waals surface area contributed by atoms with E-state index in [2.05, 4.69) is 16.3 Å². The Hall–Kier alpha value is -0.320. The van der Waals surface area contributed by atoms with Crippen LogP contribution in [0.15, 0.2) is 5.57 Å². The highest BCUT2D eigenvalue weighted by Crippen LogP contribution is 2.35. The third kappa shape index (κ3) is 3.14. The summed E-state index contributed by atoms with van der Waals surface area (Å²) < 4.78 is 4.37. The van der Waals surface area contributed by atoms with Crippen molar-refractivity contribution < 1.29 is 19.4 Å². The zero-order chi connectivity index (χ0) is 9.68. The van der Waals surface area contributed by atoms with Crippen LogP contribution < -0.4 is 0 Å². The summed E-state index contributed by atoms with van der Waals surface area (Å²) in [6.07, 6.45) is 2.44. The molecule has 1 aliphatic rings. The topological polar surface area (TPSA) is 55.8 Å². The average molecular weight is 204 g/mol. The first-order chi connectivity index (χ1) is 6.27. The first-order valence-electron chi connectivity index (χ1n) is 4.14. The van der Waals surface area contributed by atoms with Crippen molar-refractivity contribution in [2.75, 3.05) is 0 Å².